The maximum Gasteiger partial charge on any atom is 0.246 e. The molecule has 2 rings (SSSR count). The van der Waals surface area contributed by atoms with Gasteiger partial charge in [0, 0.05) is 6.04 Å². The van der Waals surface area contributed by atoms with Gasteiger partial charge in [-0.25, -0.2) is 0 Å². The van der Waals surface area contributed by atoms with Crippen molar-refractivity contribution in [1.82, 2.24) is 0 Å². The van der Waals surface area contributed by atoms with E-state index in [1.165, 1.54) is 0 Å². The normalized spacial score (nSPS) is 15.8. The van der Waals surface area contributed by atoms with Gasteiger partial charge in [0.05, 0.1) is 29.6 Å². The van der Waals surface area contributed by atoms with Crippen molar-refractivity contribution in [3.8, 4) is 6.07 Å². The standard InChI is InChI=1S/C13H15N3O/c1-3-9(2)16-12-6-10(7-14)4-5-11(12)15-8-13(16)17/h4-6,9,15H,3,8H2,1-2H3. The van der Waals surface area contributed by atoms with Gasteiger partial charge in [0.2, 0.25) is 5.91 Å². The molecule has 17 heavy (non-hydrogen) atoms. The zero-order chi connectivity index (χ0) is 12.4. The van der Waals surface area contributed by atoms with Crippen LogP contribution in [0.15, 0.2) is 18.2 Å². The zero-order valence-corrected chi connectivity index (χ0v) is 10.0. The van der Waals surface area contributed by atoms with Crippen LogP contribution in [0.3, 0.4) is 0 Å². The van der Waals surface area contributed by atoms with Crippen molar-refractivity contribution in [1.29, 1.82) is 5.26 Å². The first-order valence-electron chi connectivity index (χ1n) is 5.77. The first-order valence-corrected chi connectivity index (χ1v) is 5.77. The number of anilines is 2. The SMILES string of the molecule is CCC(C)N1C(=O)CNc2ccc(C#N)cc21. The number of nitrogens with one attached hydrogen (secondary N) is 1. The Morgan fingerprint density at radius 3 is 3.00 bits per heavy atom. The molecule has 1 heterocycles. The fourth-order valence-corrected chi connectivity index (χ4v) is 2.01. The Morgan fingerprint density at radius 2 is 2.35 bits per heavy atom. The molecule has 0 radical (unpaired) electrons. The minimum Gasteiger partial charge on any atom is -0.374 e. The fraction of sp³-hybridized carbons (Fsp3) is 0.385. The molecule has 1 amide bonds. The smallest absolute Gasteiger partial charge is 0.246 e. The molecule has 0 saturated heterocycles. The molecule has 0 aliphatic carbocycles. The molecular formula is C13H15N3O. The van der Waals surface area contributed by atoms with Crippen LogP contribution in [-0.4, -0.2) is 18.5 Å². The fourth-order valence-electron chi connectivity index (χ4n) is 2.01. The Kier molecular flexibility index (Phi) is 3.01. The summed E-state index contributed by atoms with van der Waals surface area (Å²) in [5.74, 6) is 0.0574. The summed E-state index contributed by atoms with van der Waals surface area (Å²) < 4.78 is 0. The molecule has 1 atom stereocenters. The van der Waals surface area contributed by atoms with Crippen LogP contribution in [0.1, 0.15) is 25.8 Å². The number of carbonyl (C=O) groups excluding carboxylic acids is 1. The van der Waals surface area contributed by atoms with Crippen LogP contribution in [0.5, 0.6) is 0 Å². The summed E-state index contributed by atoms with van der Waals surface area (Å²) in [4.78, 5) is 13.7. The first kappa shape index (κ1) is 11.5. The summed E-state index contributed by atoms with van der Waals surface area (Å²) >= 11 is 0. The number of carbonyl (C=O) groups is 1. The number of benzene rings is 1. The summed E-state index contributed by atoms with van der Waals surface area (Å²) in [5.41, 5.74) is 2.31. The number of nitrogens with zero attached hydrogens (tertiary/aromatic N) is 2. The molecule has 0 saturated carbocycles. The van der Waals surface area contributed by atoms with Crippen LogP contribution in [0, 0.1) is 11.3 Å². The summed E-state index contributed by atoms with van der Waals surface area (Å²) in [6, 6.07) is 7.64. The highest BCUT2D eigenvalue weighted by Crippen LogP contribution is 2.32. The molecule has 1 unspecified atom stereocenters. The number of hydrogen-bond acceptors (Lipinski definition) is 3. The third-order valence-electron chi connectivity index (χ3n) is 3.12. The molecule has 1 N–H and O–H groups in total. The summed E-state index contributed by atoms with van der Waals surface area (Å²) in [7, 11) is 0. The van der Waals surface area contributed by atoms with Gasteiger partial charge in [-0.2, -0.15) is 5.26 Å². The molecule has 1 aromatic carbocycles. The lowest BCUT2D eigenvalue weighted by atomic mass is 10.1. The van der Waals surface area contributed by atoms with Gasteiger partial charge < -0.3 is 10.2 Å². The van der Waals surface area contributed by atoms with Gasteiger partial charge in [0.15, 0.2) is 0 Å². The van der Waals surface area contributed by atoms with Gasteiger partial charge in [-0.15, -0.1) is 0 Å². The minimum absolute atomic E-state index is 0.0574. The number of rotatable bonds is 2. The zero-order valence-electron chi connectivity index (χ0n) is 10.0. The topological polar surface area (TPSA) is 56.1 Å². The average Bonchev–Trinajstić information content (AvgIpc) is 2.37. The number of hydrogen-bond donors (Lipinski definition) is 1. The maximum atomic E-state index is 11.9. The van der Waals surface area contributed by atoms with Crippen LogP contribution < -0.4 is 10.2 Å². The largest absolute Gasteiger partial charge is 0.374 e. The molecule has 1 aliphatic heterocycles. The van der Waals surface area contributed by atoms with Crippen LogP contribution >= 0.6 is 0 Å². The molecule has 0 spiro atoms. The summed E-state index contributed by atoms with van der Waals surface area (Å²) in [6.07, 6.45) is 0.891. The number of fused-ring (bicyclic) bond motifs is 1. The lowest BCUT2D eigenvalue weighted by Gasteiger charge is -2.34. The van der Waals surface area contributed by atoms with E-state index >= 15 is 0 Å². The van der Waals surface area contributed by atoms with E-state index in [0.717, 1.165) is 17.8 Å². The van der Waals surface area contributed by atoms with Gasteiger partial charge in [-0.1, -0.05) is 6.92 Å². The highest BCUT2D eigenvalue weighted by molar-refractivity contribution is 6.03. The van der Waals surface area contributed by atoms with Gasteiger partial charge in [-0.05, 0) is 31.5 Å². The quantitative estimate of drug-likeness (QED) is 0.845. The second-order valence-corrected chi connectivity index (χ2v) is 4.22. The highest BCUT2D eigenvalue weighted by Gasteiger charge is 2.27. The van der Waals surface area contributed by atoms with E-state index in [-0.39, 0.29) is 11.9 Å². The van der Waals surface area contributed by atoms with Crippen molar-refractivity contribution in [2.45, 2.75) is 26.3 Å². The van der Waals surface area contributed by atoms with Gasteiger partial charge in [0.1, 0.15) is 0 Å². The van der Waals surface area contributed by atoms with Crippen molar-refractivity contribution < 1.29 is 4.79 Å². The summed E-state index contributed by atoms with van der Waals surface area (Å²) in [5, 5.41) is 12.0. The van der Waals surface area contributed by atoms with E-state index in [0.29, 0.717) is 12.1 Å². The predicted molar refractivity (Wildman–Crippen MR) is 66.9 cm³/mol. The van der Waals surface area contributed by atoms with E-state index in [4.69, 9.17) is 5.26 Å². The Morgan fingerprint density at radius 1 is 1.59 bits per heavy atom. The molecular weight excluding hydrogens is 214 g/mol. The van der Waals surface area contributed by atoms with E-state index in [1.807, 2.05) is 19.9 Å². The van der Waals surface area contributed by atoms with Crippen molar-refractivity contribution in [3.63, 3.8) is 0 Å². The van der Waals surface area contributed by atoms with Crippen LogP contribution in [0.4, 0.5) is 11.4 Å². The maximum absolute atomic E-state index is 11.9. The molecule has 88 valence electrons. The van der Waals surface area contributed by atoms with Crippen molar-refractivity contribution in [3.05, 3.63) is 23.8 Å². The van der Waals surface area contributed by atoms with E-state index in [9.17, 15) is 4.79 Å². The van der Waals surface area contributed by atoms with Crippen LogP contribution in [0.2, 0.25) is 0 Å². The molecule has 0 bridgehead atoms. The lowest BCUT2D eigenvalue weighted by molar-refractivity contribution is -0.117. The van der Waals surface area contributed by atoms with Crippen molar-refractivity contribution in [2.24, 2.45) is 0 Å². The predicted octanol–water partition coefficient (Wildman–Crippen LogP) is 2.12. The molecule has 4 heteroatoms. The second-order valence-electron chi connectivity index (χ2n) is 4.22. The Hall–Kier alpha value is -2.02. The monoisotopic (exact) mass is 229 g/mol. The van der Waals surface area contributed by atoms with Crippen LogP contribution in [0.25, 0.3) is 0 Å². The highest BCUT2D eigenvalue weighted by atomic mass is 16.2. The third-order valence-corrected chi connectivity index (χ3v) is 3.12. The van der Waals surface area contributed by atoms with E-state index in [2.05, 4.69) is 11.4 Å². The average molecular weight is 229 g/mol. The Balaban J connectivity index is 2.49. The minimum atomic E-state index is 0.0574. The Bertz CT molecular complexity index is 490. The molecule has 0 aromatic heterocycles. The van der Waals surface area contributed by atoms with E-state index in [1.54, 1.807) is 17.0 Å². The van der Waals surface area contributed by atoms with Crippen LogP contribution in [-0.2, 0) is 4.79 Å². The number of amides is 1. The van der Waals surface area contributed by atoms with E-state index < -0.39 is 0 Å². The lowest BCUT2D eigenvalue weighted by Crippen LogP contribution is -2.45. The van der Waals surface area contributed by atoms with Gasteiger partial charge >= 0.3 is 0 Å². The molecule has 1 aliphatic rings. The van der Waals surface area contributed by atoms with Crippen molar-refractivity contribution >= 4 is 17.3 Å². The van der Waals surface area contributed by atoms with Gasteiger partial charge in [0.25, 0.3) is 0 Å². The Labute approximate surface area is 101 Å². The molecule has 0 fully saturated rings. The van der Waals surface area contributed by atoms with Crippen molar-refractivity contribution in [2.75, 3.05) is 16.8 Å². The summed E-state index contributed by atoms with van der Waals surface area (Å²) in [6.45, 7) is 4.39. The second kappa shape index (κ2) is 4.46. The number of nitriles is 1. The van der Waals surface area contributed by atoms with Gasteiger partial charge in [-0.3, -0.25) is 4.79 Å². The molecule has 4 nitrogen and oxygen atoms in total. The third kappa shape index (κ3) is 1.96. The first-order chi connectivity index (χ1) is 8.17. The molecule has 1 aromatic rings.